The summed E-state index contributed by atoms with van der Waals surface area (Å²) in [6, 6.07) is 6.93. The van der Waals surface area contributed by atoms with E-state index >= 15 is 0 Å². The van der Waals surface area contributed by atoms with Crippen LogP contribution in [-0.2, 0) is 17.6 Å². The molecule has 0 spiro atoms. The van der Waals surface area contributed by atoms with Gasteiger partial charge in [0, 0.05) is 6.04 Å². The zero-order chi connectivity index (χ0) is 16.1. The van der Waals surface area contributed by atoms with Crippen LogP contribution in [0.3, 0.4) is 0 Å². The highest BCUT2D eigenvalue weighted by molar-refractivity contribution is 5.75. The number of benzene rings is 1. The first-order valence-electron chi connectivity index (χ1n) is 8.65. The molecule has 1 aliphatic carbocycles. The Morgan fingerprint density at radius 1 is 1.27 bits per heavy atom. The van der Waals surface area contributed by atoms with Crippen LogP contribution in [-0.4, -0.2) is 35.1 Å². The van der Waals surface area contributed by atoms with Crippen molar-refractivity contribution in [3.05, 3.63) is 34.9 Å². The number of nitrogens with zero attached hydrogens (tertiary/aromatic N) is 1. The van der Waals surface area contributed by atoms with E-state index in [4.69, 9.17) is 5.11 Å². The lowest BCUT2D eigenvalue weighted by atomic mass is 9.84. The molecule has 1 aliphatic rings. The van der Waals surface area contributed by atoms with Crippen molar-refractivity contribution in [3.63, 3.8) is 0 Å². The van der Waals surface area contributed by atoms with Gasteiger partial charge in [-0.3, -0.25) is 4.79 Å². The molecule has 2 rings (SSSR count). The zero-order valence-electron chi connectivity index (χ0n) is 14.1. The van der Waals surface area contributed by atoms with Crippen molar-refractivity contribution in [2.24, 2.45) is 0 Å². The molecule has 1 N–H and O–H groups in total. The largest absolute Gasteiger partial charge is 0.481 e. The van der Waals surface area contributed by atoms with Crippen LogP contribution in [0.2, 0.25) is 0 Å². The molecule has 22 heavy (non-hydrogen) atoms. The van der Waals surface area contributed by atoms with Gasteiger partial charge in [0.2, 0.25) is 0 Å². The van der Waals surface area contributed by atoms with Crippen molar-refractivity contribution >= 4 is 5.97 Å². The number of aryl methyl sites for hydroxylation is 1. The fourth-order valence-corrected chi connectivity index (χ4v) is 3.53. The number of rotatable bonds is 7. The smallest absolute Gasteiger partial charge is 0.310 e. The monoisotopic (exact) mass is 303 g/mol. The van der Waals surface area contributed by atoms with Crippen molar-refractivity contribution in [1.82, 2.24) is 4.90 Å². The zero-order valence-corrected chi connectivity index (χ0v) is 14.1. The summed E-state index contributed by atoms with van der Waals surface area (Å²) in [5.41, 5.74) is 3.70. The Bertz CT molecular complexity index is 506. The van der Waals surface area contributed by atoms with E-state index in [2.05, 4.69) is 30.9 Å². The molecular formula is C19H29NO2. The van der Waals surface area contributed by atoms with Crippen molar-refractivity contribution in [1.29, 1.82) is 0 Å². The standard InChI is InChI=1S/C19H29NO2/c1-4-10-20(11-5-2)18-9-8-16-12-15(14(3)19(21)22)6-7-17(16)13-18/h6-7,12,14,18H,4-5,8-11,13H2,1-3H3,(H,21,22). The second-order valence-electron chi connectivity index (χ2n) is 6.52. The van der Waals surface area contributed by atoms with Crippen molar-refractivity contribution in [3.8, 4) is 0 Å². The topological polar surface area (TPSA) is 40.5 Å². The second kappa shape index (κ2) is 7.77. The first-order chi connectivity index (χ1) is 10.6. The van der Waals surface area contributed by atoms with E-state index in [1.165, 1.54) is 43.5 Å². The molecule has 0 aliphatic heterocycles. The van der Waals surface area contributed by atoms with Crippen molar-refractivity contribution in [2.75, 3.05) is 13.1 Å². The molecule has 0 bridgehead atoms. The fourth-order valence-electron chi connectivity index (χ4n) is 3.53. The molecule has 0 fully saturated rings. The highest BCUT2D eigenvalue weighted by atomic mass is 16.4. The first-order valence-corrected chi connectivity index (χ1v) is 8.65. The van der Waals surface area contributed by atoms with Gasteiger partial charge in [-0.25, -0.2) is 0 Å². The number of carboxylic acid groups (broad SMARTS) is 1. The average molecular weight is 303 g/mol. The van der Waals surface area contributed by atoms with Gasteiger partial charge in [-0.05, 0) is 68.8 Å². The highest BCUT2D eigenvalue weighted by Crippen LogP contribution is 2.28. The molecule has 0 radical (unpaired) electrons. The van der Waals surface area contributed by atoms with E-state index in [-0.39, 0.29) is 0 Å². The SMILES string of the molecule is CCCN(CCC)C1CCc2cc(C(C)C(=O)O)ccc2C1. The number of aliphatic carboxylic acids is 1. The van der Waals surface area contributed by atoms with Gasteiger partial charge in [0.05, 0.1) is 5.92 Å². The maximum absolute atomic E-state index is 11.1. The predicted octanol–water partition coefficient (Wildman–Crippen LogP) is 3.85. The molecular weight excluding hydrogens is 274 g/mol. The summed E-state index contributed by atoms with van der Waals surface area (Å²) in [7, 11) is 0. The molecule has 2 unspecified atom stereocenters. The molecule has 0 heterocycles. The maximum Gasteiger partial charge on any atom is 0.310 e. The molecule has 122 valence electrons. The van der Waals surface area contributed by atoms with Gasteiger partial charge >= 0.3 is 5.97 Å². The van der Waals surface area contributed by atoms with Crippen LogP contribution in [0.4, 0.5) is 0 Å². The van der Waals surface area contributed by atoms with E-state index in [9.17, 15) is 4.79 Å². The number of carbonyl (C=O) groups is 1. The lowest BCUT2D eigenvalue weighted by Crippen LogP contribution is -2.40. The molecule has 0 aromatic heterocycles. The molecule has 0 amide bonds. The number of hydrogen-bond acceptors (Lipinski definition) is 2. The van der Waals surface area contributed by atoms with Gasteiger partial charge in [0.1, 0.15) is 0 Å². The summed E-state index contributed by atoms with van der Waals surface area (Å²) >= 11 is 0. The van der Waals surface area contributed by atoms with Crippen LogP contribution in [0.1, 0.15) is 62.6 Å². The van der Waals surface area contributed by atoms with E-state index in [1.54, 1.807) is 6.92 Å². The Hall–Kier alpha value is -1.35. The Balaban J connectivity index is 2.12. The summed E-state index contributed by atoms with van der Waals surface area (Å²) < 4.78 is 0. The van der Waals surface area contributed by atoms with E-state index in [0.717, 1.165) is 18.4 Å². The highest BCUT2D eigenvalue weighted by Gasteiger charge is 2.24. The van der Waals surface area contributed by atoms with Crippen LogP contribution >= 0.6 is 0 Å². The molecule has 2 atom stereocenters. The molecule has 3 nitrogen and oxygen atoms in total. The fraction of sp³-hybridized carbons (Fsp3) is 0.632. The number of carboxylic acids is 1. The van der Waals surface area contributed by atoms with Crippen LogP contribution in [0, 0.1) is 0 Å². The average Bonchev–Trinajstić information content (AvgIpc) is 2.53. The summed E-state index contributed by atoms with van der Waals surface area (Å²) in [5, 5.41) is 9.17. The predicted molar refractivity (Wildman–Crippen MR) is 90.5 cm³/mol. The molecule has 1 aromatic carbocycles. The van der Waals surface area contributed by atoms with Gasteiger partial charge < -0.3 is 10.0 Å². The Labute approximate surface area is 134 Å². The quantitative estimate of drug-likeness (QED) is 0.831. The number of fused-ring (bicyclic) bond motifs is 1. The van der Waals surface area contributed by atoms with Crippen LogP contribution in [0.15, 0.2) is 18.2 Å². The van der Waals surface area contributed by atoms with Crippen molar-refractivity contribution in [2.45, 2.75) is 64.8 Å². The van der Waals surface area contributed by atoms with Crippen molar-refractivity contribution < 1.29 is 9.90 Å². The minimum absolute atomic E-state index is 0.417. The Morgan fingerprint density at radius 3 is 2.55 bits per heavy atom. The van der Waals surface area contributed by atoms with E-state index < -0.39 is 11.9 Å². The van der Waals surface area contributed by atoms with Gasteiger partial charge in [0.15, 0.2) is 0 Å². The number of hydrogen-bond donors (Lipinski definition) is 1. The third kappa shape index (κ3) is 3.89. The lowest BCUT2D eigenvalue weighted by molar-refractivity contribution is -0.138. The van der Waals surface area contributed by atoms with Crippen LogP contribution < -0.4 is 0 Å². The summed E-state index contributed by atoms with van der Waals surface area (Å²) in [6.45, 7) is 8.63. The Morgan fingerprint density at radius 2 is 1.95 bits per heavy atom. The molecule has 3 heteroatoms. The van der Waals surface area contributed by atoms with E-state index in [1.807, 2.05) is 6.07 Å². The van der Waals surface area contributed by atoms with Crippen LogP contribution in [0.5, 0.6) is 0 Å². The summed E-state index contributed by atoms with van der Waals surface area (Å²) in [6.07, 6.45) is 5.79. The minimum atomic E-state index is -0.745. The Kier molecular flexibility index (Phi) is 6.01. The molecule has 0 saturated carbocycles. The van der Waals surface area contributed by atoms with Crippen LogP contribution in [0.25, 0.3) is 0 Å². The van der Waals surface area contributed by atoms with E-state index in [0.29, 0.717) is 6.04 Å². The van der Waals surface area contributed by atoms with Gasteiger partial charge in [-0.2, -0.15) is 0 Å². The summed E-state index contributed by atoms with van der Waals surface area (Å²) in [4.78, 5) is 13.8. The van der Waals surface area contributed by atoms with Gasteiger partial charge in [-0.1, -0.05) is 32.0 Å². The summed E-state index contributed by atoms with van der Waals surface area (Å²) in [5.74, 6) is -1.16. The first kappa shape index (κ1) is 17.0. The minimum Gasteiger partial charge on any atom is -0.481 e. The van der Waals surface area contributed by atoms with Gasteiger partial charge in [-0.15, -0.1) is 0 Å². The normalized spacial score (nSPS) is 19.0. The third-order valence-corrected chi connectivity index (χ3v) is 4.84. The van der Waals surface area contributed by atoms with Gasteiger partial charge in [0.25, 0.3) is 0 Å². The maximum atomic E-state index is 11.1. The third-order valence-electron chi connectivity index (χ3n) is 4.84. The molecule has 1 aromatic rings. The lowest BCUT2D eigenvalue weighted by Gasteiger charge is -2.35. The molecule has 0 saturated heterocycles. The second-order valence-corrected chi connectivity index (χ2v) is 6.52.